The van der Waals surface area contributed by atoms with Gasteiger partial charge in [-0.25, -0.2) is 4.79 Å². The first-order chi connectivity index (χ1) is 6.20. The molecule has 13 heavy (non-hydrogen) atoms. The molecule has 0 aliphatic rings. The van der Waals surface area contributed by atoms with Gasteiger partial charge in [0.1, 0.15) is 5.88 Å². The zero-order chi connectivity index (χ0) is 10.1. The van der Waals surface area contributed by atoms with E-state index in [0.717, 1.165) is 19.3 Å². The second kappa shape index (κ2) is 7.86. The van der Waals surface area contributed by atoms with Crippen LogP contribution < -0.4 is 10.6 Å². The van der Waals surface area contributed by atoms with Gasteiger partial charge in [0.05, 0.1) is 0 Å². The first kappa shape index (κ1) is 12.2. The number of halogens is 1. The molecule has 3 amide bonds. The third-order valence-electron chi connectivity index (χ3n) is 1.44. The average Bonchev–Trinajstić information content (AvgIpc) is 2.12. The van der Waals surface area contributed by atoms with Crippen molar-refractivity contribution >= 4 is 23.5 Å². The predicted molar refractivity (Wildman–Crippen MR) is 51.8 cm³/mol. The normalized spacial score (nSPS) is 9.38. The number of nitrogens with one attached hydrogen (secondary N) is 2. The zero-order valence-electron chi connectivity index (χ0n) is 7.73. The third kappa shape index (κ3) is 7.59. The van der Waals surface area contributed by atoms with Gasteiger partial charge in [0.15, 0.2) is 0 Å². The van der Waals surface area contributed by atoms with E-state index >= 15 is 0 Å². The largest absolute Gasteiger partial charge is 0.338 e. The van der Waals surface area contributed by atoms with Gasteiger partial charge in [-0.3, -0.25) is 10.1 Å². The van der Waals surface area contributed by atoms with Gasteiger partial charge in [-0.05, 0) is 6.42 Å². The number of urea groups is 1. The number of carbonyl (C=O) groups excluding carboxylic acids is 2. The van der Waals surface area contributed by atoms with Crippen molar-refractivity contribution in [2.75, 3.05) is 12.4 Å². The first-order valence-electron chi connectivity index (χ1n) is 4.34. The Morgan fingerprint density at radius 2 is 2.00 bits per heavy atom. The molecule has 0 aliphatic carbocycles. The molecule has 4 nitrogen and oxygen atoms in total. The Morgan fingerprint density at radius 1 is 1.31 bits per heavy atom. The minimum absolute atomic E-state index is 0.192. The van der Waals surface area contributed by atoms with Crippen LogP contribution in [0.2, 0.25) is 0 Å². The maximum Gasteiger partial charge on any atom is 0.321 e. The maximum atomic E-state index is 10.9. The van der Waals surface area contributed by atoms with Crippen molar-refractivity contribution in [3.63, 3.8) is 0 Å². The monoisotopic (exact) mass is 206 g/mol. The van der Waals surface area contributed by atoms with Crippen LogP contribution in [0.5, 0.6) is 0 Å². The minimum atomic E-state index is -0.477. The van der Waals surface area contributed by atoms with Gasteiger partial charge in [-0.1, -0.05) is 19.8 Å². The molecule has 2 N–H and O–H groups in total. The van der Waals surface area contributed by atoms with E-state index in [1.807, 2.05) is 0 Å². The Kier molecular flexibility index (Phi) is 7.39. The summed E-state index contributed by atoms with van der Waals surface area (Å²) in [4.78, 5) is 21.5. The van der Waals surface area contributed by atoms with Crippen LogP contribution in [-0.4, -0.2) is 24.4 Å². The molecule has 0 atom stereocenters. The molecule has 0 saturated heterocycles. The molecular weight excluding hydrogens is 192 g/mol. The number of carbonyl (C=O) groups is 2. The quantitative estimate of drug-likeness (QED) is 0.525. The SMILES string of the molecule is CCCCCNC(=O)NC(=O)CCl. The first-order valence-corrected chi connectivity index (χ1v) is 4.87. The predicted octanol–water partition coefficient (Wildman–Crippen LogP) is 1.24. The van der Waals surface area contributed by atoms with Gasteiger partial charge >= 0.3 is 6.03 Å². The van der Waals surface area contributed by atoms with Crippen molar-refractivity contribution in [2.24, 2.45) is 0 Å². The van der Waals surface area contributed by atoms with E-state index in [9.17, 15) is 9.59 Å². The summed E-state index contributed by atoms with van der Waals surface area (Å²) < 4.78 is 0. The molecule has 76 valence electrons. The molecule has 0 unspecified atom stereocenters. The van der Waals surface area contributed by atoms with E-state index in [1.165, 1.54) is 0 Å². The number of unbranched alkanes of at least 4 members (excludes halogenated alkanes) is 2. The lowest BCUT2D eigenvalue weighted by atomic mass is 10.2. The molecule has 0 aromatic heterocycles. The highest BCUT2D eigenvalue weighted by Gasteiger charge is 2.03. The van der Waals surface area contributed by atoms with Crippen molar-refractivity contribution in [2.45, 2.75) is 26.2 Å². The highest BCUT2D eigenvalue weighted by molar-refractivity contribution is 6.28. The molecule has 0 aliphatic heterocycles. The maximum absolute atomic E-state index is 10.9. The highest BCUT2D eigenvalue weighted by atomic mass is 35.5. The number of hydrogen-bond donors (Lipinski definition) is 2. The zero-order valence-corrected chi connectivity index (χ0v) is 8.49. The summed E-state index contributed by atoms with van der Waals surface area (Å²) in [5, 5.41) is 4.64. The van der Waals surface area contributed by atoms with Crippen LogP contribution in [0.25, 0.3) is 0 Å². The van der Waals surface area contributed by atoms with E-state index in [0.29, 0.717) is 6.54 Å². The van der Waals surface area contributed by atoms with Crippen LogP contribution in [0, 0.1) is 0 Å². The topological polar surface area (TPSA) is 58.2 Å². The summed E-state index contributed by atoms with van der Waals surface area (Å²) in [5.41, 5.74) is 0. The summed E-state index contributed by atoms with van der Waals surface area (Å²) in [6.45, 7) is 2.67. The van der Waals surface area contributed by atoms with Gasteiger partial charge in [0.2, 0.25) is 5.91 Å². The number of imide groups is 1. The van der Waals surface area contributed by atoms with Crippen LogP contribution in [0.3, 0.4) is 0 Å². The van der Waals surface area contributed by atoms with E-state index in [1.54, 1.807) is 0 Å². The van der Waals surface area contributed by atoms with E-state index in [2.05, 4.69) is 17.6 Å². The lowest BCUT2D eigenvalue weighted by Gasteiger charge is -2.04. The second-order valence-electron chi connectivity index (χ2n) is 2.64. The third-order valence-corrected chi connectivity index (χ3v) is 1.68. The van der Waals surface area contributed by atoms with Gasteiger partial charge in [0, 0.05) is 6.54 Å². The minimum Gasteiger partial charge on any atom is -0.338 e. The molecule has 5 heteroatoms. The Balaban J connectivity index is 3.35. The van der Waals surface area contributed by atoms with Crippen LogP contribution >= 0.6 is 11.6 Å². The number of amides is 3. The summed E-state index contributed by atoms with van der Waals surface area (Å²) in [6, 6.07) is -0.471. The lowest BCUT2D eigenvalue weighted by Crippen LogP contribution is -2.40. The molecule has 0 bridgehead atoms. The molecule has 0 radical (unpaired) electrons. The van der Waals surface area contributed by atoms with E-state index < -0.39 is 11.9 Å². The van der Waals surface area contributed by atoms with E-state index in [4.69, 9.17) is 11.6 Å². The molecule has 0 aromatic rings. The Hall–Kier alpha value is -0.770. The van der Waals surface area contributed by atoms with Crippen LogP contribution in [0.15, 0.2) is 0 Å². The Morgan fingerprint density at radius 3 is 2.54 bits per heavy atom. The summed E-state index contributed by atoms with van der Waals surface area (Å²) in [5.74, 6) is -0.669. The smallest absolute Gasteiger partial charge is 0.321 e. The summed E-state index contributed by atoms with van der Waals surface area (Å²) in [6.07, 6.45) is 3.10. The van der Waals surface area contributed by atoms with Gasteiger partial charge < -0.3 is 5.32 Å². The van der Waals surface area contributed by atoms with Crippen LogP contribution in [0.4, 0.5) is 4.79 Å². The van der Waals surface area contributed by atoms with Gasteiger partial charge in [-0.15, -0.1) is 11.6 Å². The molecule has 0 spiro atoms. The molecule has 0 aromatic carbocycles. The molecule has 0 saturated carbocycles. The lowest BCUT2D eigenvalue weighted by molar-refractivity contribution is -0.117. The van der Waals surface area contributed by atoms with Crippen LogP contribution in [-0.2, 0) is 4.79 Å². The van der Waals surface area contributed by atoms with Crippen molar-refractivity contribution in [1.82, 2.24) is 10.6 Å². The molecule has 0 heterocycles. The van der Waals surface area contributed by atoms with Gasteiger partial charge in [-0.2, -0.15) is 0 Å². The van der Waals surface area contributed by atoms with Crippen LogP contribution in [0.1, 0.15) is 26.2 Å². The fraction of sp³-hybridized carbons (Fsp3) is 0.750. The summed E-state index contributed by atoms with van der Waals surface area (Å²) in [7, 11) is 0. The number of alkyl halides is 1. The molecular formula is C8H15ClN2O2. The van der Waals surface area contributed by atoms with Gasteiger partial charge in [0.25, 0.3) is 0 Å². The standard InChI is InChI=1S/C8H15ClN2O2/c1-2-3-4-5-10-8(13)11-7(12)6-9/h2-6H2,1H3,(H2,10,11,12,13). The van der Waals surface area contributed by atoms with Crippen molar-refractivity contribution in [3.05, 3.63) is 0 Å². The molecule has 0 fully saturated rings. The second-order valence-corrected chi connectivity index (χ2v) is 2.91. The number of hydrogen-bond acceptors (Lipinski definition) is 2. The summed E-state index contributed by atoms with van der Waals surface area (Å²) >= 11 is 5.19. The van der Waals surface area contributed by atoms with E-state index in [-0.39, 0.29) is 5.88 Å². The fourth-order valence-corrected chi connectivity index (χ4v) is 0.848. The average molecular weight is 207 g/mol. The fourth-order valence-electron chi connectivity index (χ4n) is 0.781. The highest BCUT2D eigenvalue weighted by Crippen LogP contribution is 1.90. The molecule has 0 rings (SSSR count). The van der Waals surface area contributed by atoms with Crippen molar-refractivity contribution < 1.29 is 9.59 Å². The Bertz CT molecular complexity index is 174. The number of rotatable bonds is 5. The Labute approximate surface area is 83.0 Å². The van der Waals surface area contributed by atoms with Crippen molar-refractivity contribution in [1.29, 1.82) is 0 Å². The van der Waals surface area contributed by atoms with Crippen molar-refractivity contribution in [3.8, 4) is 0 Å².